The number of hydrogen-bond acceptors (Lipinski definition) is 4. The molecule has 0 aromatic heterocycles. The van der Waals surface area contributed by atoms with Gasteiger partial charge < -0.3 is 25.6 Å². The van der Waals surface area contributed by atoms with Crippen molar-refractivity contribution in [2.45, 2.75) is 58.6 Å². The van der Waals surface area contributed by atoms with Gasteiger partial charge in [-0.05, 0) is 57.7 Å². The first-order valence-corrected chi connectivity index (χ1v) is 10.6. The van der Waals surface area contributed by atoms with Gasteiger partial charge in [-0.1, -0.05) is 12.1 Å². The third-order valence-corrected chi connectivity index (χ3v) is 4.57. The molecule has 0 saturated carbocycles. The number of carbonyl (C=O) groups is 2. The maximum Gasteiger partial charge on any atom is 0.407 e. The Bertz CT molecular complexity index is 732. The van der Waals surface area contributed by atoms with E-state index in [-0.39, 0.29) is 29.9 Å². The fourth-order valence-electron chi connectivity index (χ4n) is 3.08. The fourth-order valence-corrected chi connectivity index (χ4v) is 3.08. The van der Waals surface area contributed by atoms with Crippen molar-refractivity contribution < 1.29 is 14.3 Å². The molecule has 31 heavy (non-hydrogen) atoms. The SMILES string of the molecule is CN=C(NCCCNC(=O)OC(C)(C)C)NCc1ccc(N2CCCCC2=O)cc1.I. The van der Waals surface area contributed by atoms with Crippen molar-refractivity contribution in [1.82, 2.24) is 16.0 Å². The van der Waals surface area contributed by atoms with E-state index in [9.17, 15) is 9.59 Å². The molecule has 1 fully saturated rings. The van der Waals surface area contributed by atoms with E-state index in [1.165, 1.54) is 0 Å². The van der Waals surface area contributed by atoms with E-state index >= 15 is 0 Å². The zero-order chi connectivity index (χ0) is 22.0. The number of aliphatic imine (C=N–C) groups is 1. The van der Waals surface area contributed by atoms with Crippen LogP contribution in [0.3, 0.4) is 0 Å². The fraction of sp³-hybridized carbons (Fsp3) is 0.591. The number of alkyl carbamates (subject to hydrolysis) is 1. The van der Waals surface area contributed by atoms with Gasteiger partial charge in [0.1, 0.15) is 5.60 Å². The van der Waals surface area contributed by atoms with Crippen molar-refractivity contribution in [3.05, 3.63) is 29.8 Å². The van der Waals surface area contributed by atoms with Crippen molar-refractivity contribution in [3.8, 4) is 0 Å². The van der Waals surface area contributed by atoms with Crippen molar-refractivity contribution in [2.24, 2.45) is 4.99 Å². The summed E-state index contributed by atoms with van der Waals surface area (Å²) in [6.45, 7) is 8.14. The maximum absolute atomic E-state index is 12.0. The Morgan fingerprint density at radius 1 is 1.10 bits per heavy atom. The average molecular weight is 545 g/mol. The van der Waals surface area contributed by atoms with Crippen LogP contribution in [-0.4, -0.2) is 50.2 Å². The normalized spacial score (nSPS) is 14.5. The van der Waals surface area contributed by atoms with Crippen LogP contribution < -0.4 is 20.9 Å². The van der Waals surface area contributed by atoms with Gasteiger partial charge in [0.2, 0.25) is 5.91 Å². The average Bonchev–Trinajstić information content (AvgIpc) is 2.69. The zero-order valence-corrected chi connectivity index (χ0v) is 21.3. The Kier molecular flexibility index (Phi) is 11.7. The van der Waals surface area contributed by atoms with E-state index in [0.29, 0.717) is 32.0 Å². The van der Waals surface area contributed by atoms with Gasteiger partial charge in [-0.2, -0.15) is 0 Å². The minimum absolute atomic E-state index is 0. The van der Waals surface area contributed by atoms with Crippen molar-refractivity contribution >= 4 is 47.6 Å². The molecule has 3 N–H and O–H groups in total. The summed E-state index contributed by atoms with van der Waals surface area (Å²) in [5.41, 5.74) is 1.58. The van der Waals surface area contributed by atoms with Crippen LogP contribution in [0.4, 0.5) is 10.5 Å². The van der Waals surface area contributed by atoms with Gasteiger partial charge in [0.25, 0.3) is 0 Å². The molecule has 0 bridgehead atoms. The predicted molar refractivity (Wildman–Crippen MR) is 135 cm³/mol. The summed E-state index contributed by atoms with van der Waals surface area (Å²) >= 11 is 0. The highest BCUT2D eigenvalue weighted by molar-refractivity contribution is 14.0. The summed E-state index contributed by atoms with van der Waals surface area (Å²) in [6, 6.07) is 8.06. The van der Waals surface area contributed by atoms with Crippen LogP contribution in [0.15, 0.2) is 29.3 Å². The number of rotatable bonds is 7. The highest BCUT2D eigenvalue weighted by Crippen LogP contribution is 2.21. The lowest BCUT2D eigenvalue weighted by atomic mass is 10.1. The van der Waals surface area contributed by atoms with Gasteiger partial charge in [0.05, 0.1) is 0 Å². The van der Waals surface area contributed by atoms with E-state index in [1.807, 2.05) is 49.9 Å². The standard InChI is InChI=1S/C22H35N5O3.HI/c1-22(2,3)30-21(29)25-14-7-13-24-20(23-4)26-16-17-9-11-18(12-10-17)27-15-6-5-8-19(27)28;/h9-12H,5-8,13-16H2,1-4H3,(H,25,29)(H2,23,24,26);1H. The Morgan fingerprint density at radius 3 is 2.39 bits per heavy atom. The minimum atomic E-state index is -0.490. The second kappa shape index (κ2) is 13.4. The van der Waals surface area contributed by atoms with Crippen LogP contribution in [0.25, 0.3) is 0 Å². The summed E-state index contributed by atoms with van der Waals surface area (Å²) in [4.78, 5) is 29.7. The molecule has 9 heteroatoms. The number of benzene rings is 1. The Hall–Kier alpha value is -2.04. The molecule has 0 radical (unpaired) electrons. The van der Waals surface area contributed by atoms with Crippen LogP contribution in [0.5, 0.6) is 0 Å². The van der Waals surface area contributed by atoms with Gasteiger partial charge in [-0.25, -0.2) is 4.79 Å². The largest absolute Gasteiger partial charge is 0.444 e. The van der Waals surface area contributed by atoms with Crippen molar-refractivity contribution in [3.63, 3.8) is 0 Å². The third-order valence-electron chi connectivity index (χ3n) is 4.57. The van der Waals surface area contributed by atoms with Crippen LogP contribution in [0, 0.1) is 0 Å². The highest BCUT2D eigenvalue weighted by atomic mass is 127. The number of piperidine rings is 1. The van der Waals surface area contributed by atoms with Gasteiger partial charge in [0.15, 0.2) is 5.96 Å². The molecule has 2 rings (SSSR count). The molecule has 174 valence electrons. The lowest BCUT2D eigenvalue weighted by Gasteiger charge is -2.26. The zero-order valence-electron chi connectivity index (χ0n) is 19.0. The van der Waals surface area contributed by atoms with Gasteiger partial charge in [-0.15, -0.1) is 24.0 Å². The molecule has 1 heterocycles. The van der Waals surface area contributed by atoms with Gasteiger partial charge in [0, 0.05) is 45.3 Å². The molecule has 1 aromatic carbocycles. The lowest BCUT2D eigenvalue weighted by Crippen LogP contribution is -2.39. The second-order valence-electron chi connectivity index (χ2n) is 8.30. The van der Waals surface area contributed by atoms with Crippen LogP contribution >= 0.6 is 24.0 Å². The number of ether oxygens (including phenoxy) is 1. The number of carbonyl (C=O) groups excluding carboxylic acids is 2. The summed E-state index contributed by atoms with van der Waals surface area (Å²) in [6.07, 6.45) is 3.03. The molecule has 0 aliphatic carbocycles. The molecule has 2 amide bonds. The molecular weight excluding hydrogens is 509 g/mol. The molecule has 1 aliphatic rings. The number of nitrogens with one attached hydrogen (secondary N) is 3. The van der Waals surface area contributed by atoms with E-state index in [4.69, 9.17) is 4.74 Å². The molecule has 0 spiro atoms. The van der Waals surface area contributed by atoms with Crippen LogP contribution in [0.1, 0.15) is 52.0 Å². The number of hydrogen-bond donors (Lipinski definition) is 3. The van der Waals surface area contributed by atoms with Gasteiger partial charge in [-0.3, -0.25) is 9.79 Å². The van der Waals surface area contributed by atoms with Crippen molar-refractivity contribution in [1.29, 1.82) is 0 Å². The molecule has 8 nitrogen and oxygen atoms in total. The number of anilines is 1. The van der Waals surface area contributed by atoms with Crippen LogP contribution in [0.2, 0.25) is 0 Å². The molecule has 1 aromatic rings. The first-order valence-electron chi connectivity index (χ1n) is 10.6. The summed E-state index contributed by atoms with van der Waals surface area (Å²) in [5.74, 6) is 0.903. The van der Waals surface area contributed by atoms with E-state index in [1.54, 1.807) is 7.05 Å². The number of guanidine groups is 1. The van der Waals surface area contributed by atoms with E-state index in [2.05, 4.69) is 20.9 Å². The van der Waals surface area contributed by atoms with Gasteiger partial charge >= 0.3 is 6.09 Å². The van der Waals surface area contributed by atoms with E-state index in [0.717, 1.165) is 37.1 Å². The Balaban J connectivity index is 0.00000480. The summed E-state index contributed by atoms with van der Waals surface area (Å²) < 4.78 is 5.20. The topological polar surface area (TPSA) is 95.1 Å². The van der Waals surface area contributed by atoms with Crippen LogP contribution in [-0.2, 0) is 16.1 Å². The molecule has 0 atom stereocenters. The molecule has 0 unspecified atom stereocenters. The first-order chi connectivity index (χ1) is 14.3. The summed E-state index contributed by atoms with van der Waals surface area (Å²) in [7, 11) is 1.72. The number of nitrogens with zero attached hydrogens (tertiary/aromatic N) is 2. The number of halogens is 1. The first kappa shape index (κ1) is 27.0. The Labute approximate surface area is 202 Å². The van der Waals surface area contributed by atoms with E-state index < -0.39 is 11.7 Å². The molecule has 1 aliphatic heterocycles. The lowest BCUT2D eigenvalue weighted by molar-refractivity contribution is -0.119. The second-order valence-corrected chi connectivity index (χ2v) is 8.30. The monoisotopic (exact) mass is 545 g/mol. The predicted octanol–water partition coefficient (Wildman–Crippen LogP) is 3.40. The highest BCUT2D eigenvalue weighted by Gasteiger charge is 2.19. The minimum Gasteiger partial charge on any atom is -0.444 e. The third kappa shape index (κ3) is 10.2. The quantitative estimate of drug-likeness (QED) is 0.211. The van der Waals surface area contributed by atoms with Crippen molar-refractivity contribution in [2.75, 3.05) is 31.6 Å². The maximum atomic E-state index is 12.0. The molecule has 1 saturated heterocycles. The Morgan fingerprint density at radius 2 is 1.77 bits per heavy atom. The smallest absolute Gasteiger partial charge is 0.407 e. The number of amides is 2. The summed E-state index contributed by atoms with van der Waals surface area (Å²) in [5, 5.41) is 9.23. The molecular formula is C22H36IN5O3.